The van der Waals surface area contributed by atoms with Crippen molar-refractivity contribution in [1.82, 2.24) is 4.57 Å². The molecule has 3 rings (SSSR count). The summed E-state index contributed by atoms with van der Waals surface area (Å²) in [5, 5.41) is 17.9. The molecule has 0 fully saturated rings. The van der Waals surface area contributed by atoms with Crippen LogP contribution in [0.2, 0.25) is 0 Å². The van der Waals surface area contributed by atoms with E-state index >= 15 is 0 Å². The van der Waals surface area contributed by atoms with E-state index < -0.39 is 0 Å². The molecular weight excluding hydrogens is 308 g/mol. The van der Waals surface area contributed by atoms with Gasteiger partial charge in [-0.15, -0.1) is 5.10 Å². The molecule has 1 aromatic heterocycles. The second kappa shape index (κ2) is 7.41. The maximum atomic E-state index is 9.12. The van der Waals surface area contributed by atoms with Crippen LogP contribution in [0.4, 0.5) is 0 Å². The summed E-state index contributed by atoms with van der Waals surface area (Å²) in [6.45, 7) is 1.96. The van der Waals surface area contributed by atoms with E-state index in [1.807, 2.05) is 85.3 Å². The minimum absolute atomic E-state index is 0.606. The third kappa shape index (κ3) is 3.56. The average molecular weight is 326 g/mol. The molecule has 4 nitrogen and oxygen atoms in total. The van der Waals surface area contributed by atoms with Gasteiger partial charge in [0.1, 0.15) is 17.5 Å². The fourth-order valence-electron chi connectivity index (χ4n) is 2.58. The van der Waals surface area contributed by atoms with E-state index in [-0.39, 0.29) is 0 Å². The molecule has 0 radical (unpaired) electrons. The van der Waals surface area contributed by atoms with Gasteiger partial charge in [-0.25, -0.2) is 0 Å². The molecule has 0 saturated carbocycles. The van der Waals surface area contributed by atoms with Gasteiger partial charge in [-0.1, -0.05) is 60.7 Å². The molecule has 0 amide bonds. The highest BCUT2D eigenvalue weighted by Gasteiger charge is 2.08. The summed E-state index contributed by atoms with van der Waals surface area (Å²) in [6, 6.07) is 24.0. The fourth-order valence-corrected chi connectivity index (χ4v) is 2.58. The quantitative estimate of drug-likeness (QED) is 0.526. The monoisotopic (exact) mass is 326 g/mol. The minimum atomic E-state index is 0.606. The van der Waals surface area contributed by atoms with Crippen LogP contribution in [0, 0.1) is 18.3 Å². The van der Waals surface area contributed by atoms with E-state index in [4.69, 9.17) is 5.26 Å². The van der Waals surface area contributed by atoms with Crippen molar-refractivity contribution in [3.05, 3.63) is 94.8 Å². The average Bonchev–Trinajstić information content (AvgIpc) is 2.94. The maximum absolute atomic E-state index is 9.12. The lowest BCUT2D eigenvalue weighted by molar-refractivity contribution is 0.865. The smallest absolute Gasteiger partial charge is 0.120 e. The van der Waals surface area contributed by atoms with Crippen molar-refractivity contribution < 1.29 is 0 Å². The Balaban J connectivity index is 1.99. The predicted octanol–water partition coefficient (Wildman–Crippen LogP) is 4.08. The Morgan fingerprint density at radius 2 is 1.56 bits per heavy atom. The summed E-state index contributed by atoms with van der Waals surface area (Å²) < 4.78 is 1.85. The first-order chi connectivity index (χ1) is 12.2. The first-order valence-electron chi connectivity index (χ1n) is 7.99. The number of benzene rings is 2. The molecule has 0 saturated heterocycles. The molecule has 0 aliphatic heterocycles. The van der Waals surface area contributed by atoms with Crippen molar-refractivity contribution >= 4 is 11.9 Å². The van der Waals surface area contributed by atoms with Gasteiger partial charge in [0, 0.05) is 29.4 Å². The largest absolute Gasteiger partial charge is 0.339 e. The van der Waals surface area contributed by atoms with Crippen molar-refractivity contribution in [2.45, 2.75) is 6.92 Å². The van der Waals surface area contributed by atoms with Gasteiger partial charge in [-0.2, -0.15) is 10.4 Å². The molecule has 4 heteroatoms. The van der Waals surface area contributed by atoms with Crippen LogP contribution in [0.15, 0.2) is 76.9 Å². The summed E-state index contributed by atoms with van der Waals surface area (Å²) in [7, 11) is 1.87. The van der Waals surface area contributed by atoms with Gasteiger partial charge in [0.2, 0.25) is 0 Å². The van der Waals surface area contributed by atoms with E-state index in [1.165, 1.54) is 0 Å². The lowest BCUT2D eigenvalue weighted by atomic mass is 10.0. The molecule has 0 unspecified atom stereocenters. The van der Waals surface area contributed by atoms with Crippen LogP contribution in [0.1, 0.15) is 28.1 Å². The van der Waals surface area contributed by atoms with Gasteiger partial charge in [0.25, 0.3) is 0 Å². The van der Waals surface area contributed by atoms with E-state index in [0.717, 1.165) is 28.1 Å². The minimum Gasteiger partial charge on any atom is -0.339 e. The molecule has 25 heavy (non-hydrogen) atoms. The zero-order valence-electron chi connectivity index (χ0n) is 14.2. The molecule has 3 aromatic rings. The Hall–Kier alpha value is -3.45. The van der Waals surface area contributed by atoms with Crippen LogP contribution >= 0.6 is 0 Å². The highest BCUT2D eigenvalue weighted by atomic mass is 15.2. The molecule has 0 aliphatic rings. The number of nitrogens with zero attached hydrogens (tertiary/aromatic N) is 4. The number of hydrogen-bond acceptors (Lipinski definition) is 3. The number of aromatic nitrogens is 1. The van der Waals surface area contributed by atoms with Crippen molar-refractivity contribution in [3.8, 4) is 6.07 Å². The van der Waals surface area contributed by atoms with Crippen LogP contribution < -0.4 is 0 Å². The lowest BCUT2D eigenvalue weighted by Crippen LogP contribution is -2.02. The normalized spacial score (nSPS) is 10.6. The molecule has 0 spiro atoms. The van der Waals surface area contributed by atoms with Crippen LogP contribution in [-0.4, -0.2) is 16.5 Å². The molecule has 0 N–H and O–H groups in total. The summed E-state index contributed by atoms with van der Waals surface area (Å²) in [5.74, 6) is 0. The highest BCUT2D eigenvalue weighted by molar-refractivity contribution is 6.12. The Morgan fingerprint density at radius 3 is 2.04 bits per heavy atom. The Morgan fingerprint density at radius 1 is 1.00 bits per heavy atom. The van der Waals surface area contributed by atoms with E-state index in [0.29, 0.717) is 5.69 Å². The lowest BCUT2D eigenvalue weighted by Gasteiger charge is -2.05. The Kier molecular flexibility index (Phi) is 4.87. The van der Waals surface area contributed by atoms with Gasteiger partial charge in [0.15, 0.2) is 0 Å². The van der Waals surface area contributed by atoms with Gasteiger partial charge >= 0.3 is 0 Å². The predicted molar refractivity (Wildman–Crippen MR) is 101 cm³/mol. The molecule has 0 atom stereocenters. The number of nitriles is 1. The van der Waals surface area contributed by atoms with E-state index in [2.05, 4.69) is 16.3 Å². The zero-order chi connectivity index (χ0) is 17.6. The Labute approximate surface area is 147 Å². The third-order valence-electron chi connectivity index (χ3n) is 4.14. The topological polar surface area (TPSA) is 53.4 Å². The van der Waals surface area contributed by atoms with Crippen LogP contribution in [-0.2, 0) is 7.05 Å². The first-order valence-corrected chi connectivity index (χ1v) is 7.99. The van der Waals surface area contributed by atoms with Crippen molar-refractivity contribution in [1.29, 1.82) is 5.26 Å². The van der Waals surface area contributed by atoms with Crippen LogP contribution in [0.25, 0.3) is 0 Å². The number of hydrogen-bond donors (Lipinski definition) is 0. The molecule has 0 aliphatic carbocycles. The number of rotatable bonds is 4. The molecule has 1 heterocycles. The van der Waals surface area contributed by atoms with Gasteiger partial charge in [-0.3, -0.25) is 0 Å². The standard InChI is InChI=1S/C21H18N4/c1-16-19(13-20(14-22)25(16)2)15-23-24-21(17-9-5-3-6-10-17)18-11-7-4-8-12-18/h3-13,15H,1-2H3/b23-15-. The van der Waals surface area contributed by atoms with Crippen molar-refractivity contribution in [2.75, 3.05) is 0 Å². The van der Waals surface area contributed by atoms with Crippen LogP contribution in [0.5, 0.6) is 0 Å². The Bertz CT molecular complexity index is 917. The van der Waals surface area contributed by atoms with Gasteiger partial charge in [-0.05, 0) is 13.0 Å². The van der Waals surface area contributed by atoms with Crippen molar-refractivity contribution in [2.24, 2.45) is 17.3 Å². The van der Waals surface area contributed by atoms with Crippen LogP contribution in [0.3, 0.4) is 0 Å². The highest BCUT2D eigenvalue weighted by Crippen LogP contribution is 2.13. The van der Waals surface area contributed by atoms with E-state index in [9.17, 15) is 0 Å². The molecule has 2 aromatic carbocycles. The SMILES string of the molecule is Cc1c(/C=N\N=C(c2ccccc2)c2ccccc2)cc(C#N)n1C. The molecular formula is C21H18N4. The zero-order valence-corrected chi connectivity index (χ0v) is 14.2. The first kappa shape index (κ1) is 16.4. The maximum Gasteiger partial charge on any atom is 0.120 e. The molecule has 122 valence electrons. The van der Waals surface area contributed by atoms with Crippen molar-refractivity contribution in [3.63, 3.8) is 0 Å². The second-order valence-electron chi connectivity index (χ2n) is 5.67. The summed E-state index contributed by atoms with van der Waals surface area (Å²) in [5.41, 5.74) is 5.31. The second-order valence-corrected chi connectivity index (χ2v) is 5.67. The molecule has 0 bridgehead atoms. The summed E-state index contributed by atoms with van der Waals surface area (Å²) in [4.78, 5) is 0. The fraction of sp³-hybridized carbons (Fsp3) is 0.0952. The van der Waals surface area contributed by atoms with Gasteiger partial charge < -0.3 is 4.57 Å². The summed E-state index contributed by atoms with van der Waals surface area (Å²) in [6.07, 6.45) is 1.70. The van der Waals surface area contributed by atoms with Gasteiger partial charge in [0.05, 0.1) is 6.21 Å². The summed E-state index contributed by atoms with van der Waals surface area (Å²) >= 11 is 0. The third-order valence-corrected chi connectivity index (χ3v) is 4.14. The van der Waals surface area contributed by atoms with E-state index in [1.54, 1.807) is 6.21 Å².